The lowest BCUT2D eigenvalue weighted by molar-refractivity contribution is -0.135. The molecule has 11 heavy (non-hydrogen) atoms. The number of carbonyl (C=O) groups is 1. The van der Waals surface area contributed by atoms with E-state index in [4.69, 9.17) is 0 Å². The summed E-state index contributed by atoms with van der Waals surface area (Å²) < 4.78 is 0. The molecule has 0 aromatic carbocycles. The number of carbonyl (C=O) groups excluding carboxylic acids is 1. The molecule has 0 spiro atoms. The van der Waals surface area contributed by atoms with Gasteiger partial charge in [-0.3, -0.25) is 9.69 Å². The lowest BCUT2D eigenvalue weighted by atomic mass is 10.2. The molecule has 3 nitrogen and oxygen atoms in total. The van der Waals surface area contributed by atoms with Crippen LogP contribution in [0, 0.1) is 0 Å². The highest BCUT2D eigenvalue weighted by Gasteiger charge is 2.32. The SMILES string of the molecule is CN1CC2CCCN2CC1=O. The van der Waals surface area contributed by atoms with Crippen molar-refractivity contribution in [2.75, 3.05) is 26.7 Å². The number of likely N-dealkylation sites (N-methyl/N-ethyl adjacent to an activating group) is 1. The molecule has 1 atom stereocenters. The Morgan fingerprint density at radius 3 is 3.18 bits per heavy atom. The molecule has 2 fully saturated rings. The van der Waals surface area contributed by atoms with Crippen LogP contribution >= 0.6 is 0 Å². The predicted molar refractivity (Wildman–Crippen MR) is 42.2 cm³/mol. The fourth-order valence-electron chi connectivity index (χ4n) is 2.02. The van der Waals surface area contributed by atoms with Crippen LogP contribution in [-0.4, -0.2) is 48.4 Å². The van der Waals surface area contributed by atoms with Crippen LogP contribution in [0.25, 0.3) is 0 Å². The Morgan fingerprint density at radius 2 is 2.36 bits per heavy atom. The lowest BCUT2D eigenvalue weighted by Gasteiger charge is -2.34. The van der Waals surface area contributed by atoms with E-state index in [-0.39, 0.29) is 5.91 Å². The first-order valence-corrected chi connectivity index (χ1v) is 4.25. The Bertz CT molecular complexity index is 181. The zero-order chi connectivity index (χ0) is 7.84. The van der Waals surface area contributed by atoms with Crippen LogP contribution in [0.3, 0.4) is 0 Å². The van der Waals surface area contributed by atoms with Crippen molar-refractivity contribution >= 4 is 5.91 Å². The lowest BCUT2D eigenvalue weighted by Crippen LogP contribution is -2.51. The van der Waals surface area contributed by atoms with Gasteiger partial charge in [-0.15, -0.1) is 0 Å². The summed E-state index contributed by atoms with van der Waals surface area (Å²) >= 11 is 0. The molecule has 3 heteroatoms. The normalized spacial score (nSPS) is 32.6. The Hall–Kier alpha value is -0.570. The van der Waals surface area contributed by atoms with Gasteiger partial charge in [0.15, 0.2) is 0 Å². The molecule has 2 aliphatic heterocycles. The molecule has 0 bridgehead atoms. The maximum Gasteiger partial charge on any atom is 0.236 e. The Morgan fingerprint density at radius 1 is 1.55 bits per heavy atom. The van der Waals surface area contributed by atoms with E-state index < -0.39 is 0 Å². The first-order chi connectivity index (χ1) is 5.27. The fourth-order valence-corrected chi connectivity index (χ4v) is 2.02. The topological polar surface area (TPSA) is 23.6 Å². The predicted octanol–water partition coefficient (Wildman–Crippen LogP) is -0.0772. The molecular formula is C8H14N2O. The summed E-state index contributed by atoms with van der Waals surface area (Å²) in [6, 6.07) is 0.665. The highest BCUT2D eigenvalue weighted by Crippen LogP contribution is 2.20. The number of amides is 1. The van der Waals surface area contributed by atoms with Gasteiger partial charge in [-0.25, -0.2) is 0 Å². The second kappa shape index (κ2) is 2.48. The number of rotatable bonds is 0. The van der Waals surface area contributed by atoms with Crippen molar-refractivity contribution in [3.8, 4) is 0 Å². The van der Waals surface area contributed by atoms with Gasteiger partial charge in [-0.2, -0.15) is 0 Å². The summed E-state index contributed by atoms with van der Waals surface area (Å²) in [5.74, 6) is 0.281. The standard InChI is InChI=1S/C8H14N2O/c1-9-5-7-3-2-4-10(7)6-8(9)11/h7H,2-6H2,1H3. The molecule has 2 heterocycles. The van der Waals surface area contributed by atoms with E-state index in [1.165, 1.54) is 12.8 Å². The molecule has 0 aliphatic carbocycles. The van der Waals surface area contributed by atoms with E-state index in [2.05, 4.69) is 4.90 Å². The summed E-state index contributed by atoms with van der Waals surface area (Å²) in [5, 5.41) is 0. The molecule has 0 radical (unpaired) electrons. The van der Waals surface area contributed by atoms with Crippen molar-refractivity contribution in [1.82, 2.24) is 9.80 Å². The molecule has 2 saturated heterocycles. The Kier molecular flexibility index (Phi) is 1.60. The van der Waals surface area contributed by atoms with Gasteiger partial charge in [0, 0.05) is 19.6 Å². The monoisotopic (exact) mass is 154 g/mol. The zero-order valence-corrected chi connectivity index (χ0v) is 6.92. The molecule has 2 rings (SSSR count). The van der Waals surface area contributed by atoms with Gasteiger partial charge >= 0.3 is 0 Å². The largest absolute Gasteiger partial charge is 0.343 e. The van der Waals surface area contributed by atoms with Crippen molar-refractivity contribution in [3.63, 3.8) is 0 Å². The maximum atomic E-state index is 11.2. The minimum Gasteiger partial charge on any atom is -0.343 e. The van der Waals surface area contributed by atoms with Crippen LogP contribution in [-0.2, 0) is 4.79 Å². The van der Waals surface area contributed by atoms with Crippen LogP contribution in [0.15, 0.2) is 0 Å². The second-order valence-electron chi connectivity index (χ2n) is 3.54. The van der Waals surface area contributed by atoms with Crippen molar-refractivity contribution in [1.29, 1.82) is 0 Å². The highest BCUT2D eigenvalue weighted by molar-refractivity contribution is 5.78. The number of nitrogens with zero attached hydrogens (tertiary/aromatic N) is 2. The summed E-state index contributed by atoms with van der Waals surface area (Å²) in [6.45, 7) is 2.73. The van der Waals surface area contributed by atoms with Gasteiger partial charge in [0.05, 0.1) is 6.54 Å². The van der Waals surface area contributed by atoms with Gasteiger partial charge in [0.25, 0.3) is 0 Å². The molecule has 2 aliphatic rings. The molecule has 1 unspecified atom stereocenters. The van der Waals surface area contributed by atoms with Crippen LogP contribution < -0.4 is 0 Å². The van der Waals surface area contributed by atoms with Gasteiger partial charge in [0.1, 0.15) is 0 Å². The van der Waals surface area contributed by atoms with Crippen molar-refractivity contribution < 1.29 is 4.79 Å². The zero-order valence-electron chi connectivity index (χ0n) is 6.92. The third-order valence-corrected chi connectivity index (χ3v) is 2.75. The van der Waals surface area contributed by atoms with Crippen LogP contribution in [0.5, 0.6) is 0 Å². The van der Waals surface area contributed by atoms with E-state index in [1.54, 1.807) is 0 Å². The fraction of sp³-hybridized carbons (Fsp3) is 0.875. The Balaban J connectivity index is 2.06. The number of hydrogen-bond donors (Lipinski definition) is 0. The average molecular weight is 154 g/mol. The summed E-state index contributed by atoms with van der Waals surface area (Å²) in [7, 11) is 1.90. The molecule has 0 saturated carbocycles. The van der Waals surface area contributed by atoms with Gasteiger partial charge in [0.2, 0.25) is 5.91 Å². The summed E-state index contributed by atoms with van der Waals surface area (Å²) in [5.41, 5.74) is 0. The van der Waals surface area contributed by atoms with E-state index in [9.17, 15) is 4.79 Å². The highest BCUT2D eigenvalue weighted by atomic mass is 16.2. The minimum atomic E-state index is 0.281. The first-order valence-electron chi connectivity index (χ1n) is 4.25. The van der Waals surface area contributed by atoms with E-state index >= 15 is 0 Å². The minimum absolute atomic E-state index is 0.281. The van der Waals surface area contributed by atoms with Crippen LogP contribution in [0.4, 0.5) is 0 Å². The summed E-state index contributed by atoms with van der Waals surface area (Å²) in [6.07, 6.45) is 2.55. The number of piperazine rings is 1. The molecule has 0 aromatic heterocycles. The smallest absolute Gasteiger partial charge is 0.236 e. The Labute approximate surface area is 67.0 Å². The van der Waals surface area contributed by atoms with Gasteiger partial charge < -0.3 is 4.90 Å². The number of fused-ring (bicyclic) bond motifs is 1. The van der Waals surface area contributed by atoms with Gasteiger partial charge in [-0.1, -0.05) is 0 Å². The van der Waals surface area contributed by atoms with Crippen molar-refractivity contribution in [2.45, 2.75) is 18.9 Å². The second-order valence-corrected chi connectivity index (χ2v) is 3.54. The van der Waals surface area contributed by atoms with Gasteiger partial charge in [-0.05, 0) is 19.4 Å². The molecule has 62 valence electrons. The van der Waals surface area contributed by atoms with E-state index in [0.717, 1.165) is 13.1 Å². The quantitative estimate of drug-likeness (QED) is 0.487. The number of hydrogen-bond acceptors (Lipinski definition) is 2. The third-order valence-electron chi connectivity index (χ3n) is 2.75. The van der Waals surface area contributed by atoms with Crippen molar-refractivity contribution in [2.24, 2.45) is 0 Å². The molecular weight excluding hydrogens is 140 g/mol. The average Bonchev–Trinajstić information content (AvgIpc) is 2.36. The van der Waals surface area contributed by atoms with E-state index in [1.807, 2.05) is 11.9 Å². The van der Waals surface area contributed by atoms with Crippen LogP contribution in [0.1, 0.15) is 12.8 Å². The summed E-state index contributed by atoms with van der Waals surface area (Å²) in [4.78, 5) is 15.4. The third kappa shape index (κ3) is 1.13. The van der Waals surface area contributed by atoms with Crippen molar-refractivity contribution in [3.05, 3.63) is 0 Å². The molecule has 1 amide bonds. The molecule has 0 N–H and O–H groups in total. The van der Waals surface area contributed by atoms with E-state index in [0.29, 0.717) is 12.6 Å². The van der Waals surface area contributed by atoms with Crippen LogP contribution in [0.2, 0.25) is 0 Å². The molecule has 0 aromatic rings. The maximum absolute atomic E-state index is 11.2. The first kappa shape index (κ1) is 7.10.